The van der Waals surface area contributed by atoms with Crippen LogP contribution in [0.5, 0.6) is 0 Å². The standard InChI is InChI=1S/C21H38O8/c1-6-21(5,27)11-7-8-13(2)9-10-15(20(3,4)26)29-19-18(25)17(24)16(23)14(12-22)28-19/h6,8,14-19,22-27H,1,7,9-12H2,2-5H3/b13-8+/t14-,15+,16-,17+,18-,19+,21?/m1/s1. The van der Waals surface area contributed by atoms with Gasteiger partial charge in [-0.3, -0.25) is 0 Å². The first-order valence-electron chi connectivity index (χ1n) is 10.0. The fraction of sp³-hybridized carbons (Fsp3) is 0.810. The molecule has 29 heavy (non-hydrogen) atoms. The van der Waals surface area contributed by atoms with E-state index < -0.39 is 54.6 Å². The molecule has 0 aromatic rings. The molecule has 8 nitrogen and oxygen atoms in total. The zero-order valence-electron chi connectivity index (χ0n) is 17.9. The van der Waals surface area contributed by atoms with Gasteiger partial charge in [-0.1, -0.05) is 17.7 Å². The lowest BCUT2D eigenvalue weighted by Crippen LogP contribution is -2.60. The van der Waals surface area contributed by atoms with E-state index in [2.05, 4.69) is 6.58 Å². The van der Waals surface area contributed by atoms with Gasteiger partial charge < -0.3 is 40.1 Å². The molecule has 1 unspecified atom stereocenters. The molecule has 0 aromatic heterocycles. The van der Waals surface area contributed by atoms with Gasteiger partial charge in [-0.2, -0.15) is 0 Å². The predicted octanol–water partition coefficient (Wildman–Crippen LogP) is 0.386. The van der Waals surface area contributed by atoms with Crippen molar-refractivity contribution in [1.82, 2.24) is 0 Å². The maximum atomic E-state index is 10.5. The second-order valence-corrected chi connectivity index (χ2v) is 8.66. The Morgan fingerprint density at radius 1 is 1.14 bits per heavy atom. The third kappa shape index (κ3) is 8.07. The largest absolute Gasteiger partial charge is 0.394 e. The van der Waals surface area contributed by atoms with E-state index in [4.69, 9.17) is 9.47 Å². The second kappa shape index (κ2) is 11.0. The highest BCUT2D eigenvalue weighted by molar-refractivity contribution is 5.02. The van der Waals surface area contributed by atoms with Crippen molar-refractivity contribution in [3.05, 3.63) is 24.3 Å². The molecule has 170 valence electrons. The van der Waals surface area contributed by atoms with E-state index in [9.17, 15) is 30.6 Å². The van der Waals surface area contributed by atoms with E-state index in [1.807, 2.05) is 13.0 Å². The summed E-state index contributed by atoms with van der Waals surface area (Å²) < 4.78 is 11.1. The Labute approximate surface area is 173 Å². The van der Waals surface area contributed by atoms with Crippen LogP contribution in [0.1, 0.15) is 53.4 Å². The number of aliphatic hydroxyl groups excluding tert-OH is 4. The molecule has 1 saturated heterocycles. The fourth-order valence-corrected chi connectivity index (χ4v) is 3.10. The average Bonchev–Trinajstić information content (AvgIpc) is 2.63. The third-order valence-corrected chi connectivity index (χ3v) is 5.32. The van der Waals surface area contributed by atoms with Crippen LogP contribution in [0.4, 0.5) is 0 Å². The molecule has 0 spiro atoms. The zero-order chi connectivity index (χ0) is 22.4. The van der Waals surface area contributed by atoms with Gasteiger partial charge in [0.15, 0.2) is 6.29 Å². The van der Waals surface area contributed by atoms with E-state index in [1.165, 1.54) is 6.08 Å². The molecule has 0 amide bonds. The number of aliphatic hydroxyl groups is 6. The lowest BCUT2D eigenvalue weighted by atomic mass is 9.94. The predicted molar refractivity (Wildman–Crippen MR) is 108 cm³/mol. The molecule has 0 saturated carbocycles. The summed E-state index contributed by atoms with van der Waals surface area (Å²) in [4.78, 5) is 0. The summed E-state index contributed by atoms with van der Waals surface area (Å²) in [6, 6.07) is 0. The van der Waals surface area contributed by atoms with Crippen LogP contribution in [0.3, 0.4) is 0 Å². The number of hydrogen-bond acceptors (Lipinski definition) is 8. The van der Waals surface area contributed by atoms with Crippen molar-refractivity contribution in [3.8, 4) is 0 Å². The molecule has 7 atom stereocenters. The normalized spacial score (nSPS) is 31.9. The summed E-state index contributed by atoms with van der Waals surface area (Å²) in [7, 11) is 0. The second-order valence-electron chi connectivity index (χ2n) is 8.66. The number of rotatable bonds is 11. The zero-order valence-corrected chi connectivity index (χ0v) is 17.9. The third-order valence-electron chi connectivity index (χ3n) is 5.32. The smallest absolute Gasteiger partial charge is 0.187 e. The van der Waals surface area contributed by atoms with Crippen LogP contribution >= 0.6 is 0 Å². The van der Waals surface area contributed by atoms with Gasteiger partial charge in [0.1, 0.15) is 24.4 Å². The minimum Gasteiger partial charge on any atom is -0.394 e. The van der Waals surface area contributed by atoms with Crippen molar-refractivity contribution < 1.29 is 40.1 Å². The van der Waals surface area contributed by atoms with Crippen molar-refractivity contribution in [3.63, 3.8) is 0 Å². The van der Waals surface area contributed by atoms with Crippen molar-refractivity contribution in [2.24, 2.45) is 0 Å². The number of ether oxygens (including phenoxy) is 2. The van der Waals surface area contributed by atoms with Gasteiger partial charge in [0, 0.05) is 0 Å². The molecule has 0 aliphatic carbocycles. The molecular weight excluding hydrogens is 380 g/mol. The summed E-state index contributed by atoms with van der Waals surface area (Å²) >= 11 is 0. The molecule has 1 aliphatic heterocycles. The summed E-state index contributed by atoms with van der Waals surface area (Å²) in [6.07, 6.45) is -1.87. The lowest BCUT2D eigenvalue weighted by Gasteiger charge is -2.42. The fourth-order valence-electron chi connectivity index (χ4n) is 3.10. The van der Waals surface area contributed by atoms with Crippen molar-refractivity contribution in [1.29, 1.82) is 0 Å². The first kappa shape index (κ1) is 26.2. The summed E-state index contributed by atoms with van der Waals surface area (Å²) in [5.41, 5.74) is -1.12. The van der Waals surface area contributed by atoms with Crippen molar-refractivity contribution >= 4 is 0 Å². The first-order valence-corrected chi connectivity index (χ1v) is 10.0. The molecule has 1 fully saturated rings. The molecule has 1 aliphatic rings. The minimum absolute atomic E-state index is 0.415. The highest BCUT2D eigenvalue weighted by Gasteiger charge is 2.46. The van der Waals surface area contributed by atoms with E-state index in [0.29, 0.717) is 25.7 Å². The molecule has 1 rings (SSSR count). The number of allylic oxidation sites excluding steroid dienone is 2. The Morgan fingerprint density at radius 3 is 2.28 bits per heavy atom. The average molecular weight is 419 g/mol. The van der Waals surface area contributed by atoms with Gasteiger partial charge >= 0.3 is 0 Å². The lowest BCUT2D eigenvalue weighted by molar-refractivity contribution is -0.322. The van der Waals surface area contributed by atoms with Crippen LogP contribution in [0.2, 0.25) is 0 Å². The van der Waals surface area contributed by atoms with E-state index in [1.54, 1.807) is 20.8 Å². The Morgan fingerprint density at radius 2 is 1.76 bits per heavy atom. The highest BCUT2D eigenvalue weighted by Crippen LogP contribution is 2.28. The maximum Gasteiger partial charge on any atom is 0.187 e. The Balaban J connectivity index is 2.72. The Kier molecular flexibility index (Phi) is 9.91. The van der Waals surface area contributed by atoms with Gasteiger partial charge in [0.05, 0.1) is 23.9 Å². The summed E-state index contributed by atoms with van der Waals surface area (Å²) in [5, 5.41) is 59.7. The van der Waals surface area contributed by atoms with Crippen LogP contribution in [0.15, 0.2) is 24.3 Å². The first-order chi connectivity index (χ1) is 13.3. The van der Waals surface area contributed by atoms with Crippen LogP contribution in [0, 0.1) is 0 Å². The van der Waals surface area contributed by atoms with Crippen LogP contribution in [-0.4, -0.2) is 85.3 Å². The molecule has 0 bridgehead atoms. The van der Waals surface area contributed by atoms with Crippen LogP contribution < -0.4 is 0 Å². The van der Waals surface area contributed by atoms with Crippen molar-refractivity contribution in [2.75, 3.05) is 6.61 Å². The number of hydrogen-bond donors (Lipinski definition) is 6. The SMILES string of the molecule is C=CC(C)(O)CC/C=C(\C)CC[C@H](O[C@@H]1O[C@H](CO)[C@@H](O)[C@H](O)[C@H]1O)C(C)(C)O. The molecule has 0 radical (unpaired) electrons. The molecule has 6 N–H and O–H groups in total. The topological polar surface area (TPSA) is 140 Å². The Bertz CT molecular complexity index is 537. The minimum atomic E-state index is -1.53. The molecule has 1 heterocycles. The quantitative estimate of drug-likeness (QED) is 0.265. The van der Waals surface area contributed by atoms with Crippen LogP contribution in [0.25, 0.3) is 0 Å². The maximum absolute atomic E-state index is 10.5. The molecular formula is C21H38O8. The van der Waals surface area contributed by atoms with Gasteiger partial charge in [-0.15, -0.1) is 6.58 Å². The van der Waals surface area contributed by atoms with Gasteiger partial charge in [0.2, 0.25) is 0 Å². The molecule has 8 heteroatoms. The highest BCUT2D eigenvalue weighted by atomic mass is 16.7. The summed E-state index contributed by atoms with van der Waals surface area (Å²) in [5.74, 6) is 0. The Hall–Kier alpha value is -0.840. The van der Waals surface area contributed by atoms with Crippen LogP contribution in [-0.2, 0) is 9.47 Å². The van der Waals surface area contributed by atoms with Gasteiger partial charge in [-0.25, -0.2) is 0 Å². The monoisotopic (exact) mass is 418 g/mol. The van der Waals surface area contributed by atoms with E-state index in [-0.39, 0.29) is 0 Å². The van der Waals surface area contributed by atoms with E-state index >= 15 is 0 Å². The van der Waals surface area contributed by atoms with Gasteiger partial charge in [0.25, 0.3) is 0 Å². The van der Waals surface area contributed by atoms with Gasteiger partial charge in [-0.05, 0) is 53.4 Å². The van der Waals surface area contributed by atoms with E-state index in [0.717, 1.165) is 5.57 Å². The summed E-state index contributed by atoms with van der Waals surface area (Å²) in [6.45, 7) is 9.84. The molecule has 0 aromatic carbocycles. The van der Waals surface area contributed by atoms with Crippen molar-refractivity contribution in [2.45, 2.75) is 101 Å².